The van der Waals surface area contributed by atoms with Crippen LogP contribution in [0.1, 0.15) is 52.6 Å². The van der Waals surface area contributed by atoms with E-state index < -0.39 is 17.4 Å². The van der Waals surface area contributed by atoms with Crippen LogP contribution in [0.2, 0.25) is 0 Å². The number of phenols is 1. The van der Waals surface area contributed by atoms with E-state index >= 15 is 0 Å². The molecule has 2 N–H and O–H groups in total. The second kappa shape index (κ2) is 8.43. The van der Waals surface area contributed by atoms with E-state index in [1.807, 2.05) is 6.92 Å². The number of carbonyl (C=O) groups excluding carboxylic acids is 2. The van der Waals surface area contributed by atoms with Crippen LogP contribution in [0.5, 0.6) is 17.2 Å². The number of benzene rings is 2. The molecular formula is C22H28N2O5. The van der Waals surface area contributed by atoms with Crippen LogP contribution in [0.15, 0.2) is 30.3 Å². The van der Waals surface area contributed by atoms with Crippen molar-refractivity contribution in [3.63, 3.8) is 0 Å². The van der Waals surface area contributed by atoms with Crippen molar-refractivity contribution in [3.05, 3.63) is 52.6 Å². The van der Waals surface area contributed by atoms with Gasteiger partial charge in [0.25, 0.3) is 11.8 Å². The highest BCUT2D eigenvalue weighted by Crippen LogP contribution is 2.30. The molecule has 2 rings (SSSR count). The molecule has 2 aromatic rings. The van der Waals surface area contributed by atoms with E-state index in [1.54, 1.807) is 52.0 Å². The van der Waals surface area contributed by atoms with Gasteiger partial charge in [-0.1, -0.05) is 6.07 Å². The van der Waals surface area contributed by atoms with E-state index in [0.29, 0.717) is 28.2 Å². The molecule has 7 heteroatoms. The Hall–Kier alpha value is -3.22. The van der Waals surface area contributed by atoms with Gasteiger partial charge in [0.2, 0.25) is 0 Å². The highest BCUT2D eigenvalue weighted by molar-refractivity contribution is 6.00. The minimum Gasteiger partial charge on any atom is -0.508 e. The standard InChI is InChI=1S/C22H28N2O5/c1-13-16(9-8-10-17(13)25)21(27)24(22(3,4)5)23-20(26)15-11-18(28-6)14(2)19(12-15)29-7/h8-12,25H,1-7H3,(H,23,26). The summed E-state index contributed by atoms with van der Waals surface area (Å²) >= 11 is 0. The van der Waals surface area contributed by atoms with Crippen LogP contribution >= 0.6 is 0 Å². The maximum atomic E-state index is 13.2. The summed E-state index contributed by atoms with van der Waals surface area (Å²) in [5, 5.41) is 11.2. The van der Waals surface area contributed by atoms with Crippen LogP contribution in [0, 0.1) is 13.8 Å². The second-order valence-corrected chi connectivity index (χ2v) is 7.71. The molecule has 0 atom stereocenters. The molecule has 29 heavy (non-hydrogen) atoms. The molecule has 2 aromatic carbocycles. The van der Waals surface area contributed by atoms with Crippen LogP contribution < -0.4 is 14.9 Å². The molecule has 0 saturated carbocycles. The lowest BCUT2D eigenvalue weighted by Crippen LogP contribution is -2.56. The van der Waals surface area contributed by atoms with Gasteiger partial charge in [-0.25, -0.2) is 5.01 Å². The molecule has 0 spiro atoms. The number of methoxy groups -OCH3 is 2. The van der Waals surface area contributed by atoms with Crippen molar-refractivity contribution in [3.8, 4) is 17.2 Å². The van der Waals surface area contributed by atoms with Crippen molar-refractivity contribution in [1.82, 2.24) is 10.4 Å². The average Bonchev–Trinajstić information content (AvgIpc) is 2.66. The molecule has 0 aliphatic rings. The van der Waals surface area contributed by atoms with Gasteiger partial charge in [-0.2, -0.15) is 0 Å². The predicted octanol–water partition coefficient (Wildman–Crippen LogP) is 3.61. The smallest absolute Gasteiger partial charge is 0.273 e. The number of aromatic hydroxyl groups is 1. The van der Waals surface area contributed by atoms with E-state index in [9.17, 15) is 14.7 Å². The Balaban J connectivity index is 2.42. The molecule has 0 aromatic heterocycles. The van der Waals surface area contributed by atoms with Gasteiger partial charge in [0.1, 0.15) is 17.2 Å². The van der Waals surface area contributed by atoms with Crippen LogP contribution in [-0.4, -0.2) is 41.7 Å². The SMILES string of the molecule is COc1cc(C(=O)NN(C(=O)c2cccc(O)c2C)C(C)(C)C)cc(OC)c1C. The summed E-state index contributed by atoms with van der Waals surface area (Å²) in [6, 6.07) is 7.90. The first-order valence-corrected chi connectivity index (χ1v) is 9.18. The van der Waals surface area contributed by atoms with E-state index in [0.717, 1.165) is 5.56 Å². The quantitative estimate of drug-likeness (QED) is 0.766. The Bertz CT molecular complexity index is 906. The van der Waals surface area contributed by atoms with Gasteiger partial charge in [0.15, 0.2) is 0 Å². The number of hydrogen-bond donors (Lipinski definition) is 2. The minimum atomic E-state index is -0.719. The van der Waals surface area contributed by atoms with Gasteiger partial charge in [-0.05, 0) is 58.9 Å². The highest BCUT2D eigenvalue weighted by atomic mass is 16.5. The number of hydrogen-bond acceptors (Lipinski definition) is 5. The number of phenolic OH excluding ortho intramolecular Hbond substituents is 1. The van der Waals surface area contributed by atoms with Gasteiger partial charge in [-0.15, -0.1) is 0 Å². The van der Waals surface area contributed by atoms with Crippen molar-refractivity contribution in [2.24, 2.45) is 0 Å². The van der Waals surface area contributed by atoms with Crippen molar-refractivity contribution in [2.75, 3.05) is 14.2 Å². The maximum absolute atomic E-state index is 13.2. The van der Waals surface area contributed by atoms with Crippen LogP contribution in [0.4, 0.5) is 0 Å². The molecule has 2 amide bonds. The van der Waals surface area contributed by atoms with Gasteiger partial charge in [-0.3, -0.25) is 15.0 Å². The third kappa shape index (κ3) is 4.62. The van der Waals surface area contributed by atoms with Crippen LogP contribution in [0.3, 0.4) is 0 Å². The fraction of sp³-hybridized carbons (Fsp3) is 0.364. The predicted molar refractivity (Wildman–Crippen MR) is 111 cm³/mol. The second-order valence-electron chi connectivity index (χ2n) is 7.71. The average molecular weight is 400 g/mol. The van der Waals surface area contributed by atoms with E-state index in [2.05, 4.69) is 5.43 Å². The van der Waals surface area contributed by atoms with E-state index in [4.69, 9.17) is 9.47 Å². The first kappa shape index (κ1) is 22.1. The molecule has 0 heterocycles. The third-order valence-electron chi connectivity index (χ3n) is 4.64. The number of nitrogens with one attached hydrogen (secondary N) is 1. The van der Waals surface area contributed by atoms with Gasteiger partial charge in [0, 0.05) is 22.3 Å². The molecule has 0 bridgehead atoms. The molecular weight excluding hydrogens is 372 g/mol. The van der Waals surface area contributed by atoms with E-state index in [-0.39, 0.29) is 5.75 Å². The topological polar surface area (TPSA) is 88.1 Å². The lowest BCUT2D eigenvalue weighted by Gasteiger charge is -2.36. The van der Waals surface area contributed by atoms with Crippen molar-refractivity contribution in [1.29, 1.82) is 0 Å². The Morgan fingerprint density at radius 1 is 1.00 bits per heavy atom. The number of rotatable bonds is 4. The zero-order valence-electron chi connectivity index (χ0n) is 17.9. The van der Waals surface area contributed by atoms with Crippen LogP contribution in [0.25, 0.3) is 0 Å². The molecule has 0 radical (unpaired) electrons. The fourth-order valence-electron chi connectivity index (χ4n) is 2.88. The molecule has 0 unspecified atom stereocenters. The summed E-state index contributed by atoms with van der Waals surface area (Å²) in [6.45, 7) is 8.90. The Morgan fingerprint density at radius 3 is 2.03 bits per heavy atom. The number of ether oxygens (including phenoxy) is 2. The lowest BCUT2D eigenvalue weighted by molar-refractivity contribution is 0.0357. The number of hydrazine groups is 1. The number of amides is 2. The zero-order chi connectivity index (χ0) is 21.9. The lowest BCUT2D eigenvalue weighted by atomic mass is 10.0. The van der Waals surface area contributed by atoms with Crippen molar-refractivity contribution < 1.29 is 24.2 Å². The summed E-state index contributed by atoms with van der Waals surface area (Å²) < 4.78 is 10.7. The maximum Gasteiger partial charge on any atom is 0.273 e. The normalized spacial score (nSPS) is 11.0. The summed E-state index contributed by atoms with van der Waals surface area (Å²) in [4.78, 5) is 26.2. The summed E-state index contributed by atoms with van der Waals surface area (Å²) in [5.41, 5.74) is 3.78. The Kier molecular flexibility index (Phi) is 6.41. The third-order valence-corrected chi connectivity index (χ3v) is 4.64. The summed E-state index contributed by atoms with van der Waals surface area (Å²) in [5.74, 6) is 0.121. The highest BCUT2D eigenvalue weighted by Gasteiger charge is 2.31. The van der Waals surface area contributed by atoms with Gasteiger partial charge >= 0.3 is 0 Å². The molecule has 0 saturated heterocycles. The number of nitrogens with zero attached hydrogens (tertiary/aromatic N) is 1. The van der Waals surface area contributed by atoms with Gasteiger partial charge in [0.05, 0.1) is 19.8 Å². The summed E-state index contributed by atoms with van der Waals surface area (Å²) in [7, 11) is 3.03. The molecule has 7 nitrogen and oxygen atoms in total. The summed E-state index contributed by atoms with van der Waals surface area (Å²) in [6.07, 6.45) is 0. The van der Waals surface area contributed by atoms with Crippen molar-refractivity contribution >= 4 is 11.8 Å². The van der Waals surface area contributed by atoms with Crippen LogP contribution in [-0.2, 0) is 0 Å². The fourth-order valence-corrected chi connectivity index (χ4v) is 2.88. The monoisotopic (exact) mass is 400 g/mol. The minimum absolute atomic E-state index is 0.0176. The first-order chi connectivity index (χ1) is 13.5. The van der Waals surface area contributed by atoms with Gasteiger partial charge < -0.3 is 14.6 Å². The number of carbonyl (C=O) groups is 2. The Morgan fingerprint density at radius 2 is 1.55 bits per heavy atom. The molecule has 156 valence electrons. The largest absolute Gasteiger partial charge is 0.508 e. The van der Waals surface area contributed by atoms with Crippen molar-refractivity contribution in [2.45, 2.75) is 40.2 Å². The van der Waals surface area contributed by atoms with E-state index in [1.165, 1.54) is 25.3 Å². The molecule has 0 aliphatic carbocycles. The zero-order valence-corrected chi connectivity index (χ0v) is 17.9. The first-order valence-electron chi connectivity index (χ1n) is 9.18. The molecule has 0 fully saturated rings. The Labute approximate surface area is 171 Å². The molecule has 0 aliphatic heterocycles.